The zero-order valence-electron chi connectivity index (χ0n) is 8.92. The summed E-state index contributed by atoms with van der Waals surface area (Å²) < 4.78 is 26.5. The summed E-state index contributed by atoms with van der Waals surface area (Å²) in [5.74, 6) is -1.46. The third-order valence-corrected chi connectivity index (χ3v) is 2.23. The standard InChI is InChI=1S/C11H16F2N2O/c12-8-3-1-4-9(13)11(8)10(16)7-15-6-2-5-14/h1,3-4,10,15-16H,2,5-7,14H2. The molecular formula is C11H16F2N2O. The van der Waals surface area contributed by atoms with Gasteiger partial charge in [-0.05, 0) is 31.6 Å². The van der Waals surface area contributed by atoms with Crippen LogP contribution in [0.15, 0.2) is 18.2 Å². The van der Waals surface area contributed by atoms with Gasteiger partial charge in [0.1, 0.15) is 11.6 Å². The monoisotopic (exact) mass is 230 g/mol. The largest absolute Gasteiger partial charge is 0.387 e. The van der Waals surface area contributed by atoms with Crippen molar-refractivity contribution in [3.63, 3.8) is 0 Å². The first kappa shape index (κ1) is 13.0. The number of aliphatic hydroxyl groups excluding tert-OH is 1. The molecule has 0 fully saturated rings. The smallest absolute Gasteiger partial charge is 0.131 e. The molecule has 0 aliphatic heterocycles. The lowest BCUT2D eigenvalue weighted by Gasteiger charge is -2.13. The van der Waals surface area contributed by atoms with Gasteiger partial charge >= 0.3 is 0 Å². The SMILES string of the molecule is NCCCNCC(O)c1c(F)cccc1F. The van der Waals surface area contributed by atoms with Crippen LogP contribution in [-0.2, 0) is 0 Å². The summed E-state index contributed by atoms with van der Waals surface area (Å²) in [6.07, 6.45) is -0.425. The molecule has 0 heterocycles. The maximum absolute atomic E-state index is 13.2. The van der Waals surface area contributed by atoms with Gasteiger partial charge in [0.05, 0.1) is 11.7 Å². The number of hydrogen-bond donors (Lipinski definition) is 3. The summed E-state index contributed by atoms with van der Waals surface area (Å²) in [6.45, 7) is 1.26. The lowest BCUT2D eigenvalue weighted by Crippen LogP contribution is -2.25. The fraction of sp³-hybridized carbons (Fsp3) is 0.455. The molecule has 1 unspecified atom stereocenters. The average Bonchev–Trinajstić information content (AvgIpc) is 2.24. The van der Waals surface area contributed by atoms with Crippen molar-refractivity contribution in [2.45, 2.75) is 12.5 Å². The Balaban J connectivity index is 2.55. The van der Waals surface area contributed by atoms with Gasteiger partial charge in [0.2, 0.25) is 0 Å². The molecule has 0 aromatic heterocycles. The normalized spacial score (nSPS) is 12.8. The molecule has 16 heavy (non-hydrogen) atoms. The average molecular weight is 230 g/mol. The molecule has 0 aliphatic rings. The van der Waals surface area contributed by atoms with E-state index in [1.54, 1.807) is 0 Å². The molecule has 0 saturated heterocycles. The Bertz CT molecular complexity index is 314. The minimum Gasteiger partial charge on any atom is -0.387 e. The second kappa shape index (κ2) is 6.52. The third-order valence-electron chi connectivity index (χ3n) is 2.23. The van der Waals surface area contributed by atoms with E-state index in [0.29, 0.717) is 13.1 Å². The second-order valence-electron chi connectivity index (χ2n) is 3.50. The maximum Gasteiger partial charge on any atom is 0.131 e. The minimum atomic E-state index is -1.18. The van der Waals surface area contributed by atoms with Crippen molar-refractivity contribution in [3.05, 3.63) is 35.4 Å². The number of benzene rings is 1. The molecule has 0 radical (unpaired) electrons. The van der Waals surface area contributed by atoms with Crippen LogP contribution in [-0.4, -0.2) is 24.7 Å². The molecule has 0 amide bonds. The summed E-state index contributed by atoms with van der Waals surface area (Å²) >= 11 is 0. The Hall–Kier alpha value is -1.04. The van der Waals surface area contributed by atoms with Crippen molar-refractivity contribution < 1.29 is 13.9 Å². The van der Waals surface area contributed by atoms with E-state index in [4.69, 9.17) is 5.73 Å². The highest BCUT2D eigenvalue weighted by Crippen LogP contribution is 2.19. The van der Waals surface area contributed by atoms with Crippen molar-refractivity contribution in [2.24, 2.45) is 5.73 Å². The topological polar surface area (TPSA) is 58.3 Å². The highest BCUT2D eigenvalue weighted by molar-refractivity contribution is 5.22. The Morgan fingerprint density at radius 2 is 1.94 bits per heavy atom. The van der Waals surface area contributed by atoms with E-state index in [1.165, 1.54) is 6.07 Å². The first-order valence-electron chi connectivity index (χ1n) is 5.19. The van der Waals surface area contributed by atoms with E-state index in [0.717, 1.165) is 18.6 Å². The van der Waals surface area contributed by atoms with Gasteiger partial charge in [-0.2, -0.15) is 0 Å². The number of nitrogens with two attached hydrogens (primary N) is 1. The van der Waals surface area contributed by atoms with Crippen LogP contribution >= 0.6 is 0 Å². The summed E-state index contributed by atoms with van der Waals surface area (Å²) in [5.41, 5.74) is 4.99. The van der Waals surface area contributed by atoms with Gasteiger partial charge in [-0.15, -0.1) is 0 Å². The van der Waals surface area contributed by atoms with Crippen LogP contribution in [0.5, 0.6) is 0 Å². The molecule has 1 aromatic rings. The molecule has 0 aliphatic carbocycles. The van der Waals surface area contributed by atoms with Crippen molar-refractivity contribution in [1.82, 2.24) is 5.32 Å². The van der Waals surface area contributed by atoms with Crippen LogP contribution in [0.3, 0.4) is 0 Å². The van der Waals surface area contributed by atoms with Crippen LogP contribution in [0.25, 0.3) is 0 Å². The van der Waals surface area contributed by atoms with E-state index in [2.05, 4.69) is 5.32 Å². The first-order chi connectivity index (χ1) is 7.66. The molecular weight excluding hydrogens is 214 g/mol. The summed E-state index contributed by atoms with van der Waals surface area (Å²) in [7, 11) is 0. The van der Waals surface area contributed by atoms with E-state index in [1.807, 2.05) is 0 Å². The zero-order valence-corrected chi connectivity index (χ0v) is 8.92. The number of rotatable bonds is 6. The molecule has 90 valence electrons. The van der Waals surface area contributed by atoms with Gasteiger partial charge < -0.3 is 16.2 Å². The van der Waals surface area contributed by atoms with Gasteiger partial charge in [0.15, 0.2) is 0 Å². The Kier molecular flexibility index (Phi) is 5.31. The molecule has 0 saturated carbocycles. The number of halogens is 2. The molecule has 3 nitrogen and oxygen atoms in total. The van der Waals surface area contributed by atoms with E-state index >= 15 is 0 Å². The highest BCUT2D eigenvalue weighted by atomic mass is 19.1. The fourth-order valence-corrected chi connectivity index (χ4v) is 1.40. The van der Waals surface area contributed by atoms with E-state index in [9.17, 15) is 13.9 Å². The zero-order chi connectivity index (χ0) is 12.0. The maximum atomic E-state index is 13.2. The van der Waals surface area contributed by atoms with Crippen LogP contribution in [0.1, 0.15) is 18.1 Å². The van der Waals surface area contributed by atoms with E-state index in [-0.39, 0.29) is 12.1 Å². The summed E-state index contributed by atoms with van der Waals surface area (Å²) in [5, 5.41) is 12.5. The van der Waals surface area contributed by atoms with Crippen LogP contribution in [0.4, 0.5) is 8.78 Å². The third kappa shape index (κ3) is 3.52. The van der Waals surface area contributed by atoms with Gasteiger partial charge in [0.25, 0.3) is 0 Å². The molecule has 0 bridgehead atoms. The van der Waals surface area contributed by atoms with Crippen molar-refractivity contribution >= 4 is 0 Å². The highest BCUT2D eigenvalue weighted by Gasteiger charge is 2.16. The molecule has 4 N–H and O–H groups in total. The number of hydrogen-bond acceptors (Lipinski definition) is 3. The van der Waals surface area contributed by atoms with Gasteiger partial charge in [0, 0.05) is 6.54 Å². The van der Waals surface area contributed by atoms with Crippen molar-refractivity contribution in [2.75, 3.05) is 19.6 Å². The molecule has 0 spiro atoms. The van der Waals surface area contributed by atoms with Gasteiger partial charge in [-0.3, -0.25) is 0 Å². The predicted octanol–water partition coefficient (Wildman–Crippen LogP) is 0.937. The molecule has 5 heteroatoms. The van der Waals surface area contributed by atoms with Crippen LogP contribution in [0.2, 0.25) is 0 Å². The Morgan fingerprint density at radius 3 is 2.50 bits per heavy atom. The summed E-state index contributed by atoms with van der Waals surface area (Å²) in [4.78, 5) is 0. The Labute approximate surface area is 93.3 Å². The van der Waals surface area contributed by atoms with Gasteiger partial charge in [-0.25, -0.2) is 8.78 Å². The van der Waals surface area contributed by atoms with Crippen molar-refractivity contribution in [3.8, 4) is 0 Å². The second-order valence-corrected chi connectivity index (χ2v) is 3.50. The quantitative estimate of drug-likeness (QED) is 0.637. The molecule has 1 atom stereocenters. The lowest BCUT2D eigenvalue weighted by molar-refractivity contribution is 0.165. The fourth-order valence-electron chi connectivity index (χ4n) is 1.40. The predicted molar refractivity (Wildman–Crippen MR) is 57.9 cm³/mol. The molecule has 1 rings (SSSR count). The van der Waals surface area contributed by atoms with Crippen LogP contribution in [0, 0.1) is 11.6 Å². The minimum absolute atomic E-state index is 0.109. The summed E-state index contributed by atoms with van der Waals surface area (Å²) in [6, 6.07) is 3.52. The van der Waals surface area contributed by atoms with Crippen molar-refractivity contribution in [1.29, 1.82) is 0 Å². The molecule has 1 aromatic carbocycles. The lowest BCUT2D eigenvalue weighted by atomic mass is 10.1. The number of aliphatic hydroxyl groups is 1. The van der Waals surface area contributed by atoms with Gasteiger partial charge in [-0.1, -0.05) is 6.07 Å². The number of nitrogens with one attached hydrogen (secondary N) is 1. The first-order valence-corrected chi connectivity index (χ1v) is 5.19. The van der Waals surface area contributed by atoms with Crippen LogP contribution < -0.4 is 11.1 Å². The van der Waals surface area contributed by atoms with E-state index < -0.39 is 17.7 Å². The Morgan fingerprint density at radius 1 is 1.31 bits per heavy atom.